The first-order valence-corrected chi connectivity index (χ1v) is 7.73. The van der Waals surface area contributed by atoms with Crippen LogP contribution in [0.5, 0.6) is 0 Å². The Bertz CT molecular complexity index is 494. The number of hydrogen-bond donors (Lipinski definition) is 0. The third-order valence-corrected chi connectivity index (χ3v) is 5.14. The first-order chi connectivity index (χ1) is 9.32. The smallest absolute Gasteiger partial charge is 0.399 e. The summed E-state index contributed by atoms with van der Waals surface area (Å²) in [5.74, 6) is 0.522. The molecule has 2 aliphatic rings. The summed E-state index contributed by atoms with van der Waals surface area (Å²) in [7, 11) is -0.288. The third-order valence-electron chi connectivity index (χ3n) is 5.14. The van der Waals surface area contributed by atoms with E-state index in [9.17, 15) is 0 Å². The van der Waals surface area contributed by atoms with Crippen LogP contribution in [0.15, 0.2) is 6.20 Å². The number of hydrogen-bond acceptors (Lipinski definition) is 3. The van der Waals surface area contributed by atoms with Crippen LogP contribution in [0.1, 0.15) is 65.5 Å². The van der Waals surface area contributed by atoms with Crippen LogP contribution in [-0.2, 0) is 15.9 Å². The van der Waals surface area contributed by atoms with E-state index in [4.69, 9.17) is 9.31 Å². The maximum absolute atomic E-state index is 6.19. The second-order valence-electron chi connectivity index (χ2n) is 7.19. The molecule has 0 amide bonds. The average Bonchev–Trinajstić information content (AvgIpc) is 2.78. The Kier molecular flexibility index (Phi) is 3.25. The molecule has 0 spiro atoms. The molecule has 0 N–H and O–H groups in total. The van der Waals surface area contributed by atoms with E-state index in [1.54, 1.807) is 0 Å². The van der Waals surface area contributed by atoms with Crippen LogP contribution in [0.2, 0.25) is 0 Å². The lowest BCUT2D eigenvalue weighted by atomic mass is 9.76. The zero-order chi connectivity index (χ0) is 14.5. The molecule has 5 heteroatoms. The van der Waals surface area contributed by atoms with Gasteiger partial charge in [-0.15, -0.1) is 0 Å². The van der Waals surface area contributed by atoms with Gasteiger partial charge in [0, 0.05) is 23.9 Å². The van der Waals surface area contributed by atoms with E-state index in [0.29, 0.717) is 5.92 Å². The Hall–Kier alpha value is -0.805. The van der Waals surface area contributed by atoms with E-state index in [-0.39, 0.29) is 18.3 Å². The molecular weight excluding hydrogens is 251 g/mol. The van der Waals surface area contributed by atoms with Gasteiger partial charge in [0.2, 0.25) is 0 Å². The van der Waals surface area contributed by atoms with Gasteiger partial charge in [-0.05, 0) is 46.5 Å². The molecule has 0 saturated carbocycles. The van der Waals surface area contributed by atoms with Crippen molar-refractivity contribution in [2.75, 3.05) is 0 Å². The van der Waals surface area contributed by atoms with Crippen LogP contribution < -0.4 is 5.46 Å². The molecular formula is C15H25BN2O2. The number of nitrogens with zero attached hydrogens (tertiary/aromatic N) is 2. The van der Waals surface area contributed by atoms with E-state index in [0.717, 1.165) is 12.0 Å². The lowest BCUT2D eigenvalue weighted by Crippen LogP contribution is -2.41. The molecule has 110 valence electrons. The molecule has 0 aliphatic carbocycles. The van der Waals surface area contributed by atoms with E-state index >= 15 is 0 Å². The van der Waals surface area contributed by atoms with Crippen molar-refractivity contribution in [3.63, 3.8) is 0 Å². The summed E-state index contributed by atoms with van der Waals surface area (Å²) in [6, 6.07) is 0. The van der Waals surface area contributed by atoms with Crippen molar-refractivity contribution in [2.45, 2.75) is 77.5 Å². The average molecular weight is 276 g/mol. The maximum Gasteiger partial charge on any atom is 0.498 e. The van der Waals surface area contributed by atoms with Gasteiger partial charge in [-0.2, -0.15) is 5.10 Å². The van der Waals surface area contributed by atoms with Gasteiger partial charge in [0.1, 0.15) is 0 Å². The highest BCUT2D eigenvalue weighted by Crippen LogP contribution is 2.37. The topological polar surface area (TPSA) is 36.3 Å². The minimum absolute atomic E-state index is 0.288. The van der Waals surface area contributed by atoms with Crippen molar-refractivity contribution in [3.05, 3.63) is 11.9 Å². The second kappa shape index (κ2) is 4.60. The predicted molar refractivity (Wildman–Crippen MR) is 80.2 cm³/mol. The lowest BCUT2D eigenvalue weighted by molar-refractivity contribution is 0.00578. The van der Waals surface area contributed by atoms with E-state index in [2.05, 4.69) is 44.4 Å². The number of aromatic nitrogens is 2. The quantitative estimate of drug-likeness (QED) is 0.739. The van der Waals surface area contributed by atoms with Crippen molar-refractivity contribution in [1.29, 1.82) is 0 Å². The molecule has 1 atom stereocenters. The van der Waals surface area contributed by atoms with Crippen LogP contribution in [0.4, 0.5) is 0 Å². The summed E-state index contributed by atoms with van der Waals surface area (Å²) in [5, 5.41) is 4.56. The first-order valence-electron chi connectivity index (χ1n) is 7.73. The Morgan fingerprint density at radius 3 is 2.50 bits per heavy atom. The molecule has 0 aromatic carbocycles. The highest BCUT2D eigenvalue weighted by molar-refractivity contribution is 6.62. The molecule has 4 nitrogen and oxygen atoms in total. The van der Waals surface area contributed by atoms with Crippen LogP contribution in [0.25, 0.3) is 0 Å². The van der Waals surface area contributed by atoms with Gasteiger partial charge in [0.15, 0.2) is 0 Å². The fourth-order valence-corrected chi connectivity index (χ4v) is 3.13. The van der Waals surface area contributed by atoms with Gasteiger partial charge >= 0.3 is 7.12 Å². The minimum atomic E-state index is -0.291. The normalized spacial score (nSPS) is 28.2. The van der Waals surface area contributed by atoms with Crippen molar-refractivity contribution in [2.24, 2.45) is 0 Å². The van der Waals surface area contributed by atoms with Crippen molar-refractivity contribution in [1.82, 2.24) is 9.78 Å². The molecule has 2 aliphatic heterocycles. The highest BCUT2D eigenvalue weighted by atomic mass is 16.7. The summed E-state index contributed by atoms with van der Waals surface area (Å²) in [6.45, 7) is 11.7. The lowest BCUT2D eigenvalue weighted by Gasteiger charge is -2.32. The molecule has 1 unspecified atom stereocenters. The molecule has 1 fully saturated rings. The predicted octanol–water partition coefficient (Wildman–Crippen LogP) is 2.47. The third kappa shape index (κ3) is 2.11. The molecule has 1 aromatic heterocycles. The minimum Gasteiger partial charge on any atom is -0.399 e. The number of rotatable bonds is 1. The van der Waals surface area contributed by atoms with Crippen LogP contribution in [-0.4, -0.2) is 28.1 Å². The zero-order valence-corrected chi connectivity index (χ0v) is 13.3. The Morgan fingerprint density at radius 2 is 1.85 bits per heavy atom. The maximum atomic E-state index is 6.19. The Labute approximate surface area is 122 Å². The van der Waals surface area contributed by atoms with Crippen molar-refractivity contribution in [3.8, 4) is 0 Å². The molecule has 1 saturated heterocycles. The largest absolute Gasteiger partial charge is 0.498 e. The van der Waals surface area contributed by atoms with Crippen LogP contribution in [0, 0.1) is 0 Å². The van der Waals surface area contributed by atoms with E-state index in [1.165, 1.54) is 25.0 Å². The Balaban J connectivity index is 1.95. The highest BCUT2D eigenvalue weighted by Gasteiger charge is 2.53. The summed E-state index contributed by atoms with van der Waals surface area (Å²) in [4.78, 5) is 0. The van der Waals surface area contributed by atoms with E-state index in [1.807, 2.05) is 6.20 Å². The number of aryl methyl sites for hydroxylation is 1. The summed E-state index contributed by atoms with van der Waals surface area (Å²) in [5.41, 5.74) is 1.85. The van der Waals surface area contributed by atoms with Gasteiger partial charge < -0.3 is 9.31 Å². The standard InChI is InChI=1S/C15H25BN2O2/c1-11-8-6-7-9-18-13(11)12(10-17-18)16-19-14(2,3)15(4,5)20-16/h10-11H,6-9H2,1-5H3. The molecule has 3 heterocycles. The first kappa shape index (κ1) is 14.1. The van der Waals surface area contributed by atoms with Crippen LogP contribution >= 0.6 is 0 Å². The van der Waals surface area contributed by atoms with E-state index < -0.39 is 0 Å². The van der Waals surface area contributed by atoms with Gasteiger partial charge in [-0.3, -0.25) is 4.68 Å². The summed E-state index contributed by atoms with van der Waals surface area (Å²) >= 11 is 0. The molecule has 0 bridgehead atoms. The molecule has 0 radical (unpaired) electrons. The molecule has 3 rings (SSSR count). The fraction of sp³-hybridized carbons (Fsp3) is 0.800. The van der Waals surface area contributed by atoms with Crippen molar-refractivity contribution >= 4 is 12.6 Å². The second-order valence-corrected chi connectivity index (χ2v) is 7.19. The monoisotopic (exact) mass is 276 g/mol. The van der Waals surface area contributed by atoms with Crippen LogP contribution in [0.3, 0.4) is 0 Å². The molecule has 20 heavy (non-hydrogen) atoms. The van der Waals surface area contributed by atoms with Gasteiger partial charge in [-0.25, -0.2) is 0 Å². The van der Waals surface area contributed by atoms with Gasteiger partial charge in [0.25, 0.3) is 0 Å². The summed E-state index contributed by atoms with van der Waals surface area (Å²) in [6.07, 6.45) is 5.65. The van der Waals surface area contributed by atoms with Crippen molar-refractivity contribution < 1.29 is 9.31 Å². The SMILES string of the molecule is CC1CCCCn2ncc(B3OC(C)(C)C(C)(C)O3)c21. The van der Waals surface area contributed by atoms with Gasteiger partial charge in [0.05, 0.1) is 11.2 Å². The number of fused-ring (bicyclic) bond motifs is 1. The fourth-order valence-electron chi connectivity index (χ4n) is 3.13. The summed E-state index contributed by atoms with van der Waals surface area (Å²) < 4.78 is 14.5. The Morgan fingerprint density at radius 1 is 1.20 bits per heavy atom. The zero-order valence-electron chi connectivity index (χ0n) is 13.3. The van der Waals surface area contributed by atoms with Gasteiger partial charge in [-0.1, -0.05) is 13.3 Å². The molecule has 1 aromatic rings.